The van der Waals surface area contributed by atoms with E-state index in [-0.39, 0.29) is 35.6 Å². The molecule has 0 saturated heterocycles. The highest BCUT2D eigenvalue weighted by Crippen LogP contribution is 2.32. The number of carbonyl (C=O) groups excluding carboxylic acids is 2. The molecule has 1 N–H and O–H groups in total. The number of ether oxygens (including phenoxy) is 4. The molecule has 202 valence electrons. The van der Waals surface area contributed by atoms with Crippen molar-refractivity contribution in [2.45, 2.75) is 19.3 Å². The molecule has 39 heavy (non-hydrogen) atoms. The predicted octanol–water partition coefficient (Wildman–Crippen LogP) is 4.68. The molecular formula is C31H32N2O6. The molecule has 0 spiro atoms. The molecule has 0 aliphatic rings. The summed E-state index contributed by atoms with van der Waals surface area (Å²) in [5, 5.41) is 11.9. The first-order valence-electron chi connectivity index (χ1n) is 12.3. The number of nitrogens with zero attached hydrogens (tertiary/aromatic N) is 1. The zero-order chi connectivity index (χ0) is 28.3. The molecule has 0 aliphatic carbocycles. The summed E-state index contributed by atoms with van der Waals surface area (Å²) in [6.07, 6.45) is 1.42. The summed E-state index contributed by atoms with van der Waals surface area (Å²) in [5.74, 6) is -0.133. The van der Waals surface area contributed by atoms with Crippen molar-refractivity contribution in [2.24, 2.45) is 0 Å². The van der Waals surface area contributed by atoms with Gasteiger partial charge in [0.2, 0.25) is 0 Å². The van der Waals surface area contributed by atoms with Gasteiger partial charge in [0.15, 0.2) is 18.1 Å². The summed E-state index contributed by atoms with van der Waals surface area (Å²) < 4.78 is 21.3. The first-order chi connectivity index (χ1) is 18.8. The molecular weight excluding hydrogens is 496 g/mol. The third-order valence-corrected chi connectivity index (χ3v) is 6.11. The van der Waals surface area contributed by atoms with Crippen molar-refractivity contribution in [3.63, 3.8) is 0 Å². The lowest BCUT2D eigenvalue weighted by molar-refractivity contribution is -0.136. The van der Waals surface area contributed by atoms with E-state index in [9.17, 15) is 14.9 Å². The lowest BCUT2D eigenvalue weighted by Crippen LogP contribution is -2.27. The van der Waals surface area contributed by atoms with Gasteiger partial charge in [0.25, 0.3) is 5.91 Å². The van der Waals surface area contributed by atoms with Crippen LogP contribution in [0, 0.1) is 11.3 Å². The summed E-state index contributed by atoms with van der Waals surface area (Å²) in [7, 11) is 2.95. The largest absolute Gasteiger partial charge is 0.493 e. The molecule has 3 aromatic rings. The number of rotatable bonds is 12. The van der Waals surface area contributed by atoms with Crippen LogP contribution in [0.2, 0.25) is 0 Å². The molecule has 8 nitrogen and oxygen atoms in total. The van der Waals surface area contributed by atoms with Crippen LogP contribution >= 0.6 is 0 Å². The molecule has 0 atom stereocenters. The van der Waals surface area contributed by atoms with E-state index in [2.05, 4.69) is 31.3 Å². The van der Waals surface area contributed by atoms with Gasteiger partial charge in [-0.25, -0.2) is 4.79 Å². The van der Waals surface area contributed by atoms with Crippen LogP contribution in [0.4, 0.5) is 0 Å². The number of esters is 1. The van der Waals surface area contributed by atoms with Crippen LogP contribution in [0.3, 0.4) is 0 Å². The Labute approximate surface area is 228 Å². The van der Waals surface area contributed by atoms with Gasteiger partial charge in [0, 0.05) is 19.1 Å². The Hall–Kier alpha value is -4.61. The van der Waals surface area contributed by atoms with Gasteiger partial charge in [-0.1, -0.05) is 62.4 Å². The fourth-order valence-corrected chi connectivity index (χ4v) is 3.82. The maximum absolute atomic E-state index is 12.5. The number of methoxy groups -OCH3 is 2. The maximum atomic E-state index is 12.5. The average molecular weight is 529 g/mol. The number of carbonyl (C=O) groups is 2. The summed E-state index contributed by atoms with van der Waals surface area (Å²) in [4.78, 5) is 24.6. The van der Waals surface area contributed by atoms with Crippen LogP contribution in [0.5, 0.6) is 17.2 Å². The summed E-state index contributed by atoms with van der Waals surface area (Å²) in [5.41, 5.74) is 2.59. The van der Waals surface area contributed by atoms with Gasteiger partial charge in [-0.15, -0.1) is 0 Å². The Morgan fingerprint density at radius 3 is 2.28 bits per heavy atom. The first kappa shape index (κ1) is 29.0. The highest BCUT2D eigenvalue weighted by atomic mass is 16.6. The van der Waals surface area contributed by atoms with E-state index in [0.717, 1.165) is 5.56 Å². The molecule has 0 radical (unpaired) electrons. The zero-order valence-corrected chi connectivity index (χ0v) is 22.5. The molecule has 0 heterocycles. The summed E-state index contributed by atoms with van der Waals surface area (Å²) >= 11 is 0. The highest BCUT2D eigenvalue weighted by Gasteiger charge is 2.22. The average Bonchev–Trinajstić information content (AvgIpc) is 2.96. The van der Waals surface area contributed by atoms with Crippen molar-refractivity contribution in [2.75, 3.05) is 34.0 Å². The van der Waals surface area contributed by atoms with Gasteiger partial charge in [0.05, 0.1) is 13.7 Å². The normalized spacial score (nSPS) is 11.3. The molecule has 1 amide bonds. The van der Waals surface area contributed by atoms with Crippen molar-refractivity contribution in [1.82, 2.24) is 5.32 Å². The lowest BCUT2D eigenvalue weighted by Gasteiger charge is -2.26. The Morgan fingerprint density at radius 2 is 1.64 bits per heavy atom. The van der Waals surface area contributed by atoms with Gasteiger partial charge in [0.1, 0.15) is 17.4 Å². The van der Waals surface area contributed by atoms with Crippen molar-refractivity contribution in [3.05, 3.63) is 95.1 Å². The van der Waals surface area contributed by atoms with Crippen LogP contribution in [-0.4, -0.2) is 45.9 Å². The van der Waals surface area contributed by atoms with E-state index in [0.29, 0.717) is 17.9 Å². The Balaban J connectivity index is 1.61. The smallest absolute Gasteiger partial charge is 0.349 e. The Bertz CT molecular complexity index is 1340. The molecule has 0 aliphatic heterocycles. The molecule has 0 bridgehead atoms. The van der Waals surface area contributed by atoms with E-state index in [1.165, 1.54) is 31.9 Å². The number of hydrogen-bond donors (Lipinski definition) is 1. The van der Waals surface area contributed by atoms with E-state index in [1.54, 1.807) is 12.1 Å². The van der Waals surface area contributed by atoms with Crippen molar-refractivity contribution in [3.8, 4) is 23.3 Å². The van der Waals surface area contributed by atoms with Crippen LogP contribution in [-0.2, 0) is 19.7 Å². The summed E-state index contributed by atoms with van der Waals surface area (Å²) in [6, 6.07) is 24.4. The monoisotopic (exact) mass is 528 g/mol. The molecule has 3 rings (SSSR count). The molecule has 0 aromatic heterocycles. The minimum atomic E-state index is -0.611. The Morgan fingerprint density at radius 1 is 0.949 bits per heavy atom. The highest BCUT2D eigenvalue weighted by molar-refractivity contribution is 6.01. The SMILES string of the molecule is COCCNC(=O)/C(C#N)=C/c1ccc(OC(=O)COc2ccc(C(C)(C)c3ccccc3)cc2)c(OC)c1. The number of benzene rings is 3. The van der Waals surface area contributed by atoms with Gasteiger partial charge in [-0.05, 0) is 47.0 Å². The lowest BCUT2D eigenvalue weighted by atomic mass is 9.78. The maximum Gasteiger partial charge on any atom is 0.349 e. The third kappa shape index (κ3) is 7.94. The van der Waals surface area contributed by atoms with Gasteiger partial charge >= 0.3 is 5.97 Å². The van der Waals surface area contributed by atoms with Crippen LogP contribution < -0.4 is 19.5 Å². The molecule has 8 heteroatoms. The standard InChI is InChI=1S/C31H32N2O6/c1-31(2,24-8-6-5-7-9-24)25-11-13-26(14-12-25)38-21-29(34)39-27-15-10-22(19-28(27)37-4)18-23(20-32)30(35)33-16-17-36-3/h5-15,18-19H,16-17,21H2,1-4H3,(H,33,35)/b23-18+. The van der Waals surface area contributed by atoms with E-state index in [1.807, 2.05) is 48.5 Å². The number of nitrogens with one attached hydrogen (secondary N) is 1. The third-order valence-electron chi connectivity index (χ3n) is 6.11. The zero-order valence-electron chi connectivity index (χ0n) is 22.5. The fourth-order valence-electron chi connectivity index (χ4n) is 3.82. The Kier molecular flexibility index (Phi) is 10.2. The minimum absolute atomic E-state index is 0.0792. The number of amides is 1. The predicted molar refractivity (Wildman–Crippen MR) is 148 cm³/mol. The fraction of sp³-hybridized carbons (Fsp3) is 0.258. The molecule has 0 saturated carbocycles. The number of hydrogen-bond acceptors (Lipinski definition) is 7. The van der Waals surface area contributed by atoms with Crippen LogP contribution in [0.1, 0.15) is 30.5 Å². The van der Waals surface area contributed by atoms with E-state index in [4.69, 9.17) is 18.9 Å². The molecule has 0 unspecified atom stereocenters. The van der Waals surface area contributed by atoms with Crippen molar-refractivity contribution in [1.29, 1.82) is 5.26 Å². The quantitative estimate of drug-likeness (QED) is 0.120. The second-order valence-electron chi connectivity index (χ2n) is 9.11. The summed E-state index contributed by atoms with van der Waals surface area (Å²) in [6.45, 7) is 4.63. The van der Waals surface area contributed by atoms with Gasteiger partial charge < -0.3 is 24.3 Å². The second-order valence-corrected chi connectivity index (χ2v) is 9.11. The van der Waals surface area contributed by atoms with Crippen molar-refractivity contribution >= 4 is 18.0 Å². The number of nitriles is 1. The van der Waals surface area contributed by atoms with Crippen LogP contribution in [0.15, 0.2) is 78.4 Å². The van der Waals surface area contributed by atoms with Gasteiger partial charge in [-0.3, -0.25) is 4.79 Å². The molecule has 3 aromatic carbocycles. The van der Waals surface area contributed by atoms with E-state index < -0.39 is 11.9 Å². The second kappa shape index (κ2) is 13.8. The topological polar surface area (TPSA) is 107 Å². The van der Waals surface area contributed by atoms with E-state index >= 15 is 0 Å². The molecule has 0 fully saturated rings. The van der Waals surface area contributed by atoms with Crippen molar-refractivity contribution < 1.29 is 28.5 Å². The minimum Gasteiger partial charge on any atom is -0.493 e. The van der Waals surface area contributed by atoms with Gasteiger partial charge in [-0.2, -0.15) is 5.26 Å². The van der Waals surface area contributed by atoms with Crippen LogP contribution in [0.25, 0.3) is 6.08 Å². The first-order valence-corrected chi connectivity index (χ1v) is 12.3.